The van der Waals surface area contributed by atoms with E-state index in [-0.39, 0.29) is 30.4 Å². The third kappa shape index (κ3) is 9.67. The smallest absolute Gasteiger partial charge is 0.319 e. The molecule has 0 heterocycles. The largest absolute Gasteiger partial charge is 0.482 e. The van der Waals surface area contributed by atoms with Gasteiger partial charge in [0.05, 0.1) is 18.7 Å². The molecule has 0 fully saturated rings. The minimum Gasteiger partial charge on any atom is -0.482 e. The van der Waals surface area contributed by atoms with Crippen molar-refractivity contribution in [2.45, 2.75) is 20.3 Å². The van der Waals surface area contributed by atoms with Crippen molar-refractivity contribution in [1.82, 2.24) is 5.32 Å². The van der Waals surface area contributed by atoms with E-state index < -0.39 is 36.9 Å². The van der Waals surface area contributed by atoms with E-state index in [9.17, 15) is 24.0 Å². The number of carboxylic acid groups (broad SMARTS) is 1. The van der Waals surface area contributed by atoms with E-state index in [0.717, 1.165) is 16.8 Å². The van der Waals surface area contributed by atoms with Crippen molar-refractivity contribution >= 4 is 52.5 Å². The SMILES string of the molecule is Cc1cccc(N(C)C(=O)COc2ccccc2N(CC(=O)N(C)c2ccccc2)C(=O)CNC(=O)Nc2cccc(CC(=O)O)c2)c1C. The summed E-state index contributed by atoms with van der Waals surface area (Å²) in [4.78, 5) is 68.4. The van der Waals surface area contributed by atoms with Gasteiger partial charge in [-0.15, -0.1) is 0 Å². The molecular formula is C37H39N5O7. The van der Waals surface area contributed by atoms with Crippen LogP contribution in [0.5, 0.6) is 5.75 Å². The molecule has 0 atom stereocenters. The maximum absolute atomic E-state index is 13.7. The van der Waals surface area contributed by atoms with Crippen LogP contribution in [0.4, 0.5) is 27.5 Å². The number of aryl methyl sites for hydroxylation is 1. The van der Waals surface area contributed by atoms with Crippen LogP contribution in [-0.4, -0.2) is 68.6 Å². The summed E-state index contributed by atoms with van der Waals surface area (Å²) in [6, 6.07) is 26.8. The van der Waals surface area contributed by atoms with Crippen molar-refractivity contribution in [3.8, 4) is 5.75 Å². The Labute approximate surface area is 284 Å². The summed E-state index contributed by atoms with van der Waals surface area (Å²) >= 11 is 0. The molecule has 0 aliphatic rings. The molecule has 0 aromatic heterocycles. The first-order valence-corrected chi connectivity index (χ1v) is 15.5. The van der Waals surface area contributed by atoms with Gasteiger partial charge in [0.2, 0.25) is 11.8 Å². The van der Waals surface area contributed by atoms with Crippen LogP contribution < -0.4 is 30.1 Å². The number of hydrogen-bond donors (Lipinski definition) is 3. The fourth-order valence-corrected chi connectivity index (χ4v) is 4.98. The number of anilines is 4. The normalized spacial score (nSPS) is 10.4. The average molecular weight is 666 g/mol. The van der Waals surface area contributed by atoms with Crippen LogP contribution in [0.3, 0.4) is 0 Å². The van der Waals surface area contributed by atoms with Crippen LogP contribution in [0.2, 0.25) is 0 Å². The summed E-state index contributed by atoms with van der Waals surface area (Å²) in [5.41, 5.74) is 4.42. The number of para-hydroxylation sites is 3. The maximum atomic E-state index is 13.7. The molecule has 4 aromatic carbocycles. The molecule has 49 heavy (non-hydrogen) atoms. The molecule has 0 saturated carbocycles. The molecule has 0 aliphatic carbocycles. The Hall–Kier alpha value is -6.17. The second-order valence-electron chi connectivity index (χ2n) is 11.3. The predicted molar refractivity (Wildman–Crippen MR) is 188 cm³/mol. The summed E-state index contributed by atoms with van der Waals surface area (Å²) < 4.78 is 5.96. The first kappa shape index (κ1) is 35.7. The number of rotatable bonds is 13. The number of aliphatic carboxylic acids is 1. The molecule has 4 aromatic rings. The Kier molecular flexibility index (Phi) is 12.1. The van der Waals surface area contributed by atoms with Crippen LogP contribution in [-0.2, 0) is 25.6 Å². The predicted octanol–water partition coefficient (Wildman–Crippen LogP) is 4.79. The Morgan fingerprint density at radius 1 is 0.735 bits per heavy atom. The molecule has 0 spiro atoms. The summed E-state index contributed by atoms with van der Waals surface area (Å²) in [6.45, 7) is 2.66. The maximum Gasteiger partial charge on any atom is 0.319 e. The Balaban J connectivity index is 1.52. The number of benzene rings is 4. The number of amides is 5. The van der Waals surface area contributed by atoms with Gasteiger partial charge < -0.3 is 30.3 Å². The van der Waals surface area contributed by atoms with Gasteiger partial charge >= 0.3 is 12.0 Å². The molecule has 0 unspecified atom stereocenters. The molecule has 0 radical (unpaired) electrons. The number of nitrogens with one attached hydrogen (secondary N) is 2. The van der Waals surface area contributed by atoms with E-state index in [1.54, 1.807) is 80.8 Å². The molecule has 3 N–H and O–H groups in total. The second kappa shape index (κ2) is 16.6. The number of urea groups is 1. The van der Waals surface area contributed by atoms with Crippen molar-refractivity contribution in [2.24, 2.45) is 0 Å². The molecular weight excluding hydrogens is 626 g/mol. The van der Waals surface area contributed by atoms with Crippen molar-refractivity contribution in [3.05, 3.63) is 114 Å². The van der Waals surface area contributed by atoms with Gasteiger partial charge in [-0.25, -0.2) is 4.79 Å². The number of likely N-dealkylation sites (N-methyl/N-ethyl adjacent to an activating group) is 2. The van der Waals surface area contributed by atoms with Crippen molar-refractivity contribution in [2.75, 3.05) is 53.8 Å². The highest BCUT2D eigenvalue weighted by Gasteiger charge is 2.26. The van der Waals surface area contributed by atoms with Crippen molar-refractivity contribution in [3.63, 3.8) is 0 Å². The van der Waals surface area contributed by atoms with Gasteiger partial charge in [0, 0.05) is 31.2 Å². The highest BCUT2D eigenvalue weighted by Crippen LogP contribution is 2.29. The molecule has 4 rings (SSSR count). The number of hydrogen-bond acceptors (Lipinski definition) is 6. The standard InChI is InChI=1S/C37H39N5O7/c1-25-12-10-18-30(26(25)2)41(4)35(45)24-49-32-19-9-8-17-31(32)42(23-34(44)40(3)29-15-6-5-7-16-29)33(43)22-38-37(48)39-28-14-11-13-27(20-28)21-36(46)47/h5-20H,21-24H2,1-4H3,(H,46,47)(H2,38,39,48). The van der Waals surface area contributed by atoms with E-state index in [0.29, 0.717) is 16.9 Å². The lowest BCUT2D eigenvalue weighted by atomic mass is 10.1. The van der Waals surface area contributed by atoms with Crippen LogP contribution in [0, 0.1) is 13.8 Å². The summed E-state index contributed by atoms with van der Waals surface area (Å²) in [5, 5.41) is 14.2. The van der Waals surface area contributed by atoms with Gasteiger partial charge in [0.1, 0.15) is 12.3 Å². The highest BCUT2D eigenvalue weighted by molar-refractivity contribution is 6.06. The summed E-state index contributed by atoms with van der Waals surface area (Å²) in [7, 11) is 3.25. The van der Waals surface area contributed by atoms with Crippen LogP contribution in [0.25, 0.3) is 0 Å². The zero-order valence-electron chi connectivity index (χ0n) is 27.8. The average Bonchev–Trinajstić information content (AvgIpc) is 3.09. The topological polar surface area (TPSA) is 149 Å². The number of nitrogens with zero attached hydrogens (tertiary/aromatic N) is 3. The molecule has 12 heteroatoms. The van der Waals surface area contributed by atoms with Gasteiger partial charge in [-0.05, 0) is 73.0 Å². The van der Waals surface area contributed by atoms with Gasteiger partial charge in [0.25, 0.3) is 5.91 Å². The molecule has 5 amide bonds. The lowest BCUT2D eigenvalue weighted by molar-refractivity contribution is -0.136. The van der Waals surface area contributed by atoms with E-state index in [1.807, 2.05) is 38.1 Å². The Morgan fingerprint density at radius 2 is 1.41 bits per heavy atom. The van der Waals surface area contributed by atoms with Crippen LogP contribution in [0.15, 0.2) is 97.1 Å². The summed E-state index contributed by atoms with van der Waals surface area (Å²) in [5.74, 6) is -2.19. The molecule has 12 nitrogen and oxygen atoms in total. The Bertz CT molecular complexity index is 1830. The van der Waals surface area contributed by atoms with Crippen molar-refractivity contribution in [1.29, 1.82) is 0 Å². The molecule has 0 aliphatic heterocycles. The van der Waals surface area contributed by atoms with Gasteiger partial charge in [0.15, 0.2) is 6.61 Å². The fraction of sp³-hybridized carbons (Fsp3) is 0.216. The van der Waals surface area contributed by atoms with Crippen LogP contribution >= 0.6 is 0 Å². The first-order valence-electron chi connectivity index (χ1n) is 15.5. The van der Waals surface area contributed by atoms with E-state index in [4.69, 9.17) is 9.84 Å². The zero-order chi connectivity index (χ0) is 35.5. The Morgan fingerprint density at radius 3 is 2.14 bits per heavy atom. The van der Waals surface area contributed by atoms with Gasteiger partial charge in [-0.2, -0.15) is 0 Å². The lowest BCUT2D eigenvalue weighted by Crippen LogP contribution is -2.46. The third-order valence-corrected chi connectivity index (χ3v) is 7.87. The van der Waals surface area contributed by atoms with Gasteiger partial charge in [-0.1, -0.05) is 54.6 Å². The van der Waals surface area contributed by atoms with E-state index in [1.165, 1.54) is 20.8 Å². The monoisotopic (exact) mass is 665 g/mol. The number of ether oxygens (including phenoxy) is 1. The quantitative estimate of drug-likeness (QED) is 0.186. The van der Waals surface area contributed by atoms with E-state index >= 15 is 0 Å². The highest BCUT2D eigenvalue weighted by atomic mass is 16.5. The third-order valence-electron chi connectivity index (χ3n) is 7.87. The first-order chi connectivity index (χ1) is 23.4. The number of carbonyl (C=O) groups is 5. The summed E-state index contributed by atoms with van der Waals surface area (Å²) in [6.07, 6.45) is -0.217. The van der Waals surface area contributed by atoms with Crippen molar-refractivity contribution < 1.29 is 33.8 Å². The lowest BCUT2D eigenvalue weighted by Gasteiger charge is -2.27. The second-order valence-corrected chi connectivity index (χ2v) is 11.3. The fourth-order valence-electron chi connectivity index (χ4n) is 4.98. The van der Waals surface area contributed by atoms with E-state index in [2.05, 4.69) is 10.6 Å². The minimum atomic E-state index is -1.01. The van der Waals surface area contributed by atoms with Crippen LogP contribution in [0.1, 0.15) is 16.7 Å². The number of carbonyl (C=O) groups excluding carboxylic acids is 4. The minimum absolute atomic E-state index is 0.188. The van der Waals surface area contributed by atoms with Gasteiger partial charge in [-0.3, -0.25) is 24.1 Å². The number of carboxylic acids is 1. The zero-order valence-corrected chi connectivity index (χ0v) is 27.8. The molecule has 254 valence electrons. The molecule has 0 bridgehead atoms. The molecule has 0 saturated heterocycles.